The number of hydrogen-bond acceptors (Lipinski definition) is 2. The summed E-state index contributed by atoms with van der Waals surface area (Å²) in [5.41, 5.74) is 0. The highest BCUT2D eigenvalue weighted by Gasteiger charge is 2.26. The lowest BCUT2D eigenvalue weighted by atomic mass is 9.87. The molecule has 1 saturated heterocycles. The maximum absolute atomic E-state index is 5.85. The summed E-state index contributed by atoms with van der Waals surface area (Å²) in [5, 5.41) is 0. The van der Waals surface area contributed by atoms with Gasteiger partial charge in [-0.2, -0.15) is 0 Å². The number of piperidine rings is 1. The van der Waals surface area contributed by atoms with Crippen molar-refractivity contribution in [1.29, 1.82) is 0 Å². The Labute approximate surface area is 93.2 Å². The van der Waals surface area contributed by atoms with Crippen LogP contribution < -0.4 is 0 Å². The van der Waals surface area contributed by atoms with E-state index in [9.17, 15) is 0 Å². The van der Waals surface area contributed by atoms with Gasteiger partial charge in [-0.15, -0.1) is 11.6 Å². The zero-order chi connectivity index (χ0) is 10.6. The topological polar surface area (TPSA) is 6.48 Å². The Bertz CT molecular complexity index is 153. The standard InChI is InChI=1S/C11H23ClN2/c1-13(2)11(4-7-12)10-5-8-14(3)9-6-10/h10-11H,4-9H2,1-3H3. The molecule has 2 nitrogen and oxygen atoms in total. The third-order valence-electron chi connectivity index (χ3n) is 3.38. The number of likely N-dealkylation sites (tertiary alicyclic amines) is 1. The minimum absolute atomic E-state index is 0.682. The fraction of sp³-hybridized carbons (Fsp3) is 1.00. The van der Waals surface area contributed by atoms with Crippen LogP contribution >= 0.6 is 11.6 Å². The minimum atomic E-state index is 0.682. The van der Waals surface area contributed by atoms with Crippen LogP contribution in [0.2, 0.25) is 0 Å². The van der Waals surface area contributed by atoms with Crippen molar-refractivity contribution in [3.63, 3.8) is 0 Å². The van der Waals surface area contributed by atoms with E-state index in [-0.39, 0.29) is 0 Å². The molecule has 1 aliphatic rings. The van der Waals surface area contributed by atoms with Crippen LogP contribution in [0.1, 0.15) is 19.3 Å². The summed E-state index contributed by atoms with van der Waals surface area (Å²) in [5.74, 6) is 1.63. The molecule has 14 heavy (non-hydrogen) atoms. The smallest absolute Gasteiger partial charge is 0.0238 e. The maximum atomic E-state index is 5.85. The van der Waals surface area contributed by atoms with Gasteiger partial charge in [-0.1, -0.05) is 0 Å². The highest BCUT2D eigenvalue weighted by Crippen LogP contribution is 2.24. The largest absolute Gasteiger partial charge is 0.306 e. The number of nitrogens with zero attached hydrogens (tertiary/aromatic N) is 2. The summed E-state index contributed by atoms with van der Waals surface area (Å²) in [6.07, 6.45) is 3.79. The SMILES string of the molecule is CN1CCC(C(CCCl)N(C)C)CC1. The van der Waals surface area contributed by atoms with Crippen LogP contribution in [0.3, 0.4) is 0 Å². The molecule has 0 aromatic rings. The summed E-state index contributed by atoms with van der Waals surface area (Å²) in [7, 11) is 6.56. The number of alkyl halides is 1. The van der Waals surface area contributed by atoms with Gasteiger partial charge in [-0.25, -0.2) is 0 Å². The second kappa shape index (κ2) is 5.94. The molecule has 0 radical (unpaired) electrons. The second-order valence-corrected chi connectivity index (χ2v) is 5.03. The summed E-state index contributed by atoms with van der Waals surface area (Å²) >= 11 is 5.85. The van der Waals surface area contributed by atoms with Gasteiger partial charge >= 0.3 is 0 Å². The zero-order valence-corrected chi connectivity index (χ0v) is 10.4. The molecular weight excluding hydrogens is 196 g/mol. The van der Waals surface area contributed by atoms with Gasteiger partial charge < -0.3 is 9.80 Å². The first-order valence-corrected chi connectivity index (χ1v) is 6.09. The fourth-order valence-corrected chi connectivity index (χ4v) is 2.66. The highest BCUT2D eigenvalue weighted by atomic mass is 35.5. The molecule has 3 heteroatoms. The van der Waals surface area contributed by atoms with Crippen molar-refractivity contribution < 1.29 is 0 Å². The molecule has 1 fully saturated rings. The molecule has 0 aromatic heterocycles. The molecule has 1 rings (SSSR count). The van der Waals surface area contributed by atoms with Gasteiger partial charge in [0.15, 0.2) is 0 Å². The molecule has 0 N–H and O–H groups in total. The van der Waals surface area contributed by atoms with E-state index in [0.717, 1.165) is 18.2 Å². The van der Waals surface area contributed by atoms with Gasteiger partial charge in [0, 0.05) is 11.9 Å². The van der Waals surface area contributed by atoms with Crippen molar-refractivity contribution in [1.82, 2.24) is 9.80 Å². The molecule has 0 aromatic carbocycles. The maximum Gasteiger partial charge on any atom is 0.0238 e. The Morgan fingerprint density at radius 1 is 1.36 bits per heavy atom. The normalized spacial score (nSPS) is 22.9. The van der Waals surface area contributed by atoms with E-state index in [2.05, 4.69) is 30.9 Å². The Hall–Kier alpha value is 0.210. The predicted octanol–water partition coefficient (Wildman–Crippen LogP) is 1.89. The summed E-state index contributed by atoms with van der Waals surface area (Å²) in [6, 6.07) is 0.682. The van der Waals surface area contributed by atoms with Gasteiger partial charge in [0.1, 0.15) is 0 Å². The van der Waals surface area contributed by atoms with E-state index in [4.69, 9.17) is 11.6 Å². The number of hydrogen-bond donors (Lipinski definition) is 0. The summed E-state index contributed by atoms with van der Waals surface area (Å²) in [6.45, 7) is 2.49. The van der Waals surface area contributed by atoms with Crippen LogP contribution in [0.25, 0.3) is 0 Å². The first-order chi connectivity index (χ1) is 6.65. The summed E-state index contributed by atoms with van der Waals surface area (Å²) in [4.78, 5) is 4.77. The van der Waals surface area contributed by atoms with Gasteiger partial charge in [0.2, 0.25) is 0 Å². The molecule has 0 spiro atoms. The molecule has 1 aliphatic heterocycles. The van der Waals surface area contributed by atoms with Crippen LogP contribution in [0.4, 0.5) is 0 Å². The van der Waals surface area contributed by atoms with Gasteiger partial charge in [0.25, 0.3) is 0 Å². The molecule has 84 valence electrons. The summed E-state index contributed by atoms with van der Waals surface area (Å²) < 4.78 is 0. The van der Waals surface area contributed by atoms with E-state index in [1.807, 2.05) is 0 Å². The Morgan fingerprint density at radius 2 is 1.93 bits per heavy atom. The molecule has 1 heterocycles. The van der Waals surface area contributed by atoms with Crippen molar-refractivity contribution in [2.45, 2.75) is 25.3 Å². The third-order valence-corrected chi connectivity index (χ3v) is 3.59. The predicted molar refractivity (Wildman–Crippen MR) is 63.0 cm³/mol. The molecule has 0 amide bonds. The lowest BCUT2D eigenvalue weighted by Gasteiger charge is -2.37. The average molecular weight is 219 g/mol. The van der Waals surface area contributed by atoms with Crippen LogP contribution in [0, 0.1) is 5.92 Å². The Morgan fingerprint density at radius 3 is 2.36 bits per heavy atom. The first kappa shape index (κ1) is 12.3. The molecule has 1 unspecified atom stereocenters. The number of rotatable bonds is 4. The van der Waals surface area contributed by atoms with Crippen molar-refractivity contribution in [3.8, 4) is 0 Å². The Balaban J connectivity index is 2.43. The van der Waals surface area contributed by atoms with Crippen molar-refractivity contribution in [3.05, 3.63) is 0 Å². The average Bonchev–Trinajstić information content (AvgIpc) is 2.15. The van der Waals surface area contributed by atoms with E-state index in [1.54, 1.807) is 0 Å². The zero-order valence-electron chi connectivity index (χ0n) is 9.67. The van der Waals surface area contributed by atoms with Crippen molar-refractivity contribution in [2.24, 2.45) is 5.92 Å². The van der Waals surface area contributed by atoms with Gasteiger partial charge in [0.05, 0.1) is 0 Å². The molecule has 0 saturated carbocycles. The van der Waals surface area contributed by atoms with Gasteiger partial charge in [-0.3, -0.25) is 0 Å². The minimum Gasteiger partial charge on any atom is -0.306 e. The van der Waals surface area contributed by atoms with E-state index in [1.165, 1.54) is 25.9 Å². The van der Waals surface area contributed by atoms with Crippen LogP contribution in [0.5, 0.6) is 0 Å². The molecule has 1 atom stereocenters. The van der Waals surface area contributed by atoms with E-state index < -0.39 is 0 Å². The van der Waals surface area contributed by atoms with Crippen molar-refractivity contribution in [2.75, 3.05) is 40.1 Å². The lowest BCUT2D eigenvalue weighted by Crippen LogP contribution is -2.42. The number of halogens is 1. The lowest BCUT2D eigenvalue weighted by molar-refractivity contribution is 0.129. The fourth-order valence-electron chi connectivity index (χ4n) is 2.44. The van der Waals surface area contributed by atoms with Crippen LogP contribution in [0.15, 0.2) is 0 Å². The third kappa shape index (κ3) is 3.41. The highest BCUT2D eigenvalue weighted by molar-refractivity contribution is 6.17. The van der Waals surface area contributed by atoms with Crippen LogP contribution in [-0.4, -0.2) is 56.0 Å². The van der Waals surface area contributed by atoms with E-state index in [0.29, 0.717) is 6.04 Å². The Kier molecular flexibility index (Phi) is 5.21. The monoisotopic (exact) mass is 218 g/mol. The molecule has 0 bridgehead atoms. The van der Waals surface area contributed by atoms with Crippen LogP contribution in [-0.2, 0) is 0 Å². The molecular formula is C11H23ClN2. The second-order valence-electron chi connectivity index (χ2n) is 4.65. The van der Waals surface area contributed by atoms with E-state index >= 15 is 0 Å². The van der Waals surface area contributed by atoms with Gasteiger partial charge in [-0.05, 0) is 59.4 Å². The van der Waals surface area contributed by atoms with Crippen molar-refractivity contribution >= 4 is 11.6 Å². The first-order valence-electron chi connectivity index (χ1n) is 5.56. The quantitative estimate of drug-likeness (QED) is 0.665. The molecule has 0 aliphatic carbocycles.